The van der Waals surface area contributed by atoms with E-state index in [2.05, 4.69) is 53.9 Å². The topological polar surface area (TPSA) is 18.5 Å². The predicted molar refractivity (Wildman–Crippen MR) is 77.0 cm³/mol. The van der Waals surface area contributed by atoms with Gasteiger partial charge in [-0.15, -0.1) is 0 Å². The van der Waals surface area contributed by atoms with Crippen molar-refractivity contribution in [2.45, 2.75) is 78.2 Å². The maximum atomic E-state index is 6.04. The summed E-state index contributed by atoms with van der Waals surface area (Å²) in [7, 11) is -2.95. The highest BCUT2D eigenvalue weighted by atomic mass is 28.4. The van der Waals surface area contributed by atoms with Crippen molar-refractivity contribution < 1.29 is 8.85 Å². The zero-order chi connectivity index (χ0) is 13.0. The molecule has 0 radical (unpaired) electrons. The summed E-state index contributed by atoms with van der Waals surface area (Å²) in [6, 6.07) is 2.44. The third-order valence-corrected chi connectivity index (χ3v) is 8.07. The van der Waals surface area contributed by atoms with Crippen LogP contribution in [0.5, 0.6) is 0 Å². The van der Waals surface area contributed by atoms with Crippen LogP contribution in [0.3, 0.4) is 0 Å². The summed E-state index contributed by atoms with van der Waals surface area (Å²) in [5.41, 5.74) is 0. The molecule has 0 aliphatic rings. The van der Waals surface area contributed by atoms with Crippen LogP contribution in [0.2, 0.25) is 38.3 Å². The van der Waals surface area contributed by atoms with Crippen LogP contribution in [-0.4, -0.2) is 28.8 Å². The molecule has 0 aliphatic carbocycles. The van der Waals surface area contributed by atoms with E-state index in [9.17, 15) is 0 Å². The van der Waals surface area contributed by atoms with E-state index >= 15 is 0 Å². The van der Waals surface area contributed by atoms with Gasteiger partial charge in [0.2, 0.25) is 0 Å². The Morgan fingerprint density at radius 1 is 0.688 bits per heavy atom. The van der Waals surface area contributed by atoms with Gasteiger partial charge in [0.05, 0.1) is 0 Å². The van der Waals surface area contributed by atoms with Gasteiger partial charge in [-0.05, 0) is 66.0 Å². The van der Waals surface area contributed by atoms with Crippen molar-refractivity contribution in [2.24, 2.45) is 0 Å². The fourth-order valence-electron chi connectivity index (χ4n) is 2.00. The van der Waals surface area contributed by atoms with Crippen LogP contribution in [0.25, 0.3) is 0 Å². The van der Waals surface area contributed by atoms with Gasteiger partial charge in [0, 0.05) is 12.2 Å². The van der Waals surface area contributed by atoms with Gasteiger partial charge in [-0.25, -0.2) is 0 Å². The molecule has 16 heavy (non-hydrogen) atoms. The molecule has 0 aromatic carbocycles. The monoisotopic (exact) mass is 262 g/mol. The normalized spacial score (nSPS) is 13.9. The SMILES string of the molecule is CC(C)O[Si](C)(C)CC[Si](C)(C)OC(C)C. The van der Waals surface area contributed by atoms with Crippen molar-refractivity contribution in [3.8, 4) is 0 Å². The van der Waals surface area contributed by atoms with E-state index in [-0.39, 0.29) is 0 Å². The minimum Gasteiger partial charge on any atom is -0.415 e. The molecule has 0 saturated heterocycles. The maximum absolute atomic E-state index is 6.04. The average molecular weight is 263 g/mol. The first-order valence-corrected chi connectivity index (χ1v) is 12.6. The Kier molecular flexibility index (Phi) is 6.47. The molecule has 0 aromatic rings. The van der Waals surface area contributed by atoms with Gasteiger partial charge in [0.15, 0.2) is 16.6 Å². The second-order valence-corrected chi connectivity index (χ2v) is 14.9. The first kappa shape index (κ1) is 16.4. The van der Waals surface area contributed by atoms with Crippen LogP contribution >= 0.6 is 0 Å². The molecule has 0 rings (SSSR count). The maximum Gasteiger partial charge on any atom is 0.186 e. The zero-order valence-corrected chi connectivity index (χ0v) is 14.4. The van der Waals surface area contributed by atoms with Gasteiger partial charge < -0.3 is 8.85 Å². The quantitative estimate of drug-likeness (QED) is 0.639. The number of hydrogen-bond donors (Lipinski definition) is 0. The summed E-state index contributed by atoms with van der Waals surface area (Å²) >= 11 is 0. The summed E-state index contributed by atoms with van der Waals surface area (Å²) in [5.74, 6) is 0. The Hall–Kier alpha value is 0.354. The number of rotatable bonds is 7. The molecule has 2 nitrogen and oxygen atoms in total. The first-order chi connectivity index (χ1) is 7.04. The molecule has 98 valence electrons. The molecule has 0 amide bonds. The first-order valence-electron chi connectivity index (χ1n) is 6.40. The molecule has 0 unspecified atom stereocenters. The molecule has 0 spiro atoms. The Bertz CT molecular complexity index is 179. The second-order valence-electron chi connectivity index (χ2n) is 6.35. The minimum absolute atomic E-state index is 0.359. The van der Waals surface area contributed by atoms with Crippen LogP contribution in [0.4, 0.5) is 0 Å². The fraction of sp³-hybridized carbons (Fsp3) is 1.00. The summed E-state index contributed by atoms with van der Waals surface area (Å²) in [6.45, 7) is 17.8. The predicted octanol–water partition coefficient (Wildman–Crippen LogP) is 4.25. The highest BCUT2D eigenvalue weighted by Crippen LogP contribution is 2.23. The second kappa shape index (κ2) is 6.33. The van der Waals surface area contributed by atoms with E-state index in [4.69, 9.17) is 8.85 Å². The Labute approximate surface area is 104 Å². The molecule has 0 aliphatic heterocycles. The molecule has 0 atom stereocenters. The minimum atomic E-state index is -1.47. The van der Waals surface area contributed by atoms with E-state index in [0.717, 1.165) is 0 Å². The van der Waals surface area contributed by atoms with Gasteiger partial charge in [-0.3, -0.25) is 0 Å². The van der Waals surface area contributed by atoms with Crippen molar-refractivity contribution >= 4 is 16.6 Å². The summed E-state index contributed by atoms with van der Waals surface area (Å²) in [4.78, 5) is 0. The van der Waals surface area contributed by atoms with Crippen LogP contribution in [0, 0.1) is 0 Å². The van der Waals surface area contributed by atoms with Gasteiger partial charge in [-0.1, -0.05) is 0 Å². The van der Waals surface area contributed by atoms with Crippen LogP contribution < -0.4 is 0 Å². The molecule has 0 N–H and O–H groups in total. The summed E-state index contributed by atoms with van der Waals surface area (Å²) in [5, 5.41) is 0. The lowest BCUT2D eigenvalue weighted by atomic mass is 10.5. The molecular weight excluding hydrogens is 232 g/mol. The lowest BCUT2D eigenvalue weighted by Crippen LogP contribution is -2.39. The smallest absolute Gasteiger partial charge is 0.186 e. The molecule has 4 heteroatoms. The van der Waals surface area contributed by atoms with Crippen LogP contribution in [0.1, 0.15) is 27.7 Å². The van der Waals surface area contributed by atoms with Crippen molar-refractivity contribution in [3.63, 3.8) is 0 Å². The highest BCUT2D eigenvalue weighted by Gasteiger charge is 2.30. The summed E-state index contributed by atoms with van der Waals surface area (Å²) in [6.07, 6.45) is 0.718. The molecular formula is C12H30O2Si2. The van der Waals surface area contributed by atoms with Crippen molar-refractivity contribution in [1.82, 2.24) is 0 Å². The third-order valence-electron chi connectivity index (χ3n) is 2.44. The van der Waals surface area contributed by atoms with E-state index in [1.165, 1.54) is 12.1 Å². The average Bonchev–Trinajstić information content (AvgIpc) is 1.96. The van der Waals surface area contributed by atoms with E-state index in [1.54, 1.807) is 0 Å². The molecule has 0 aromatic heterocycles. The fourth-order valence-corrected chi connectivity index (χ4v) is 9.60. The third kappa shape index (κ3) is 8.50. The molecule has 0 fully saturated rings. The molecule has 0 heterocycles. The Balaban J connectivity index is 4.11. The lowest BCUT2D eigenvalue weighted by Gasteiger charge is -2.31. The Morgan fingerprint density at radius 2 is 0.938 bits per heavy atom. The van der Waals surface area contributed by atoms with Crippen molar-refractivity contribution in [3.05, 3.63) is 0 Å². The molecule has 0 saturated carbocycles. The zero-order valence-electron chi connectivity index (χ0n) is 12.4. The van der Waals surface area contributed by atoms with Crippen LogP contribution in [0.15, 0.2) is 0 Å². The number of hydrogen-bond acceptors (Lipinski definition) is 2. The standard InChI is InChI=1S/C12H30O2Si2/c1-11(2)13-15(5,6)9-10-16(7,8)14-12(3)4/h11-12H,9-10H2,1-8H3. The Morgan fingerprint density at radius 3 is 1.12 bits per heavy atom. The van der Waals surface area contributed by atoms with Crippen LogP contribution in [-0.2, 0) is 8.85 Å². The largest absolute Gasteiger partial charge is 0.415 e. The van der Waals surface area contributed by atoms with E-state index < -0.39 is 16.6 Å². The van der Waals surface area contributed by atoms with Gasteiger partial charge >= 0.3 is 0 Å². The lowest BCUT2D eigenvalue weighted by molar-refractivity contribution is 0.224. The van der Waals surface area contributed by atoms with Gasteiger partial charge in [0.1, 0.15) is 0 Å². The van der Waals surface area contributed by atoms with Crippen molar-refractivity contribution in [1.29, 1.82) is 0 Å². The van der Waals surface area contributed by atoms with E-state index in [1.807, 2.05) is 0 Å². The van der Waals surface area contributed by atoms with Gasteiger partial charge in [-0.2, -0.15) is 0 Å². The van der Waals surface area contributed by atoms with E-state index in [0.29, 0.717) is 12.2 Å². The van der Waals surface area contributed by atoms with Gasteiger partial charge in [0.25, 0.3) is 0 Å². The summed E-state index contributed by atoms with van der Waals surface area (Å²) < 4.78 is 12.1. The molecule has 0 bridgehead atoms. The van der Waals surface area contributed by atoms with Crippen molar-refractivity contribution in [2.75, 3.05) is 0 Å². The highest BCUT2D eigenvalue weighted by molar-refractivity contribution is 6.76.